The highest BCUT2D eigenvalue weighted by Gasteiger charge is 2.34. The third-order valence-corrected chi connectivity index (χ3v) is 4.53. The summed E-state index contributed by atoms with van der Waals surface area (Å²) in [5.74, 6) is -0.737. The molecule has 0 saturated carbocycles. The fraction of sp³-hybridized carbons (Fsp3) is 0.333. The van der Waals surface area contributed by atoms with E-state index in [0.717, 1.165) is 6.07 Å². The minimum absolute atomic E-state index is 0.139. The van der Waals surface area contributed by atoms with Gasteiger partial charge in [-0.15, -0.1) is 0 Å². The molecule has 174 valence electrons. The molecule has 32 heavy (non-hydrogen) atoms. The number of rotatable bonds is 8. The predicted molar refractivity (Wildman–Crippen MR) is 110 cm³/mol. The highest BCUT2D eigenvalue weighted by Crippen LogP contribution is 2.38. The molecule has 1 atom stereocenters. The summed E-state index contributed by atoms with van der Waals surface area (Å²) in [5, 5.41) is 1.97. The maximum Gasteiger partial charge on any atom is 0.418 e. The van der Waals surface area contributed by atoms with Gasteiger partial charge in [-0.1, -0.05) is 11.6 Å². The first-order valence-corrected chi connectivity index (χ1v) is 9.53. The van der Waals surface area contributed by atoms with E-state index < -0.39 is 35.4 Å². The van der Waals surface area contributed by atoms with Crippen LogP contribution in [0.5, 0.6) is 17.2 Å². The minimum Gasteiger partial charge on any atom is -0.493 e. The number of alkyl halides is 3. The number of methoxy groups -OCH3 is 3. The normalized spacial score (nSPS) is 12.0. The monoisotopic (exact) mass is 475 g/mol. The van der Waals surface area contributed by atoms with Crippen molar-refractivity contribution >= 4 is 29.2 Å². The summed E-state index contributed by atoms with van der Waals surface area (Å²) in [6, 6.07) is 5.99. The quantitative estimate of drug-likeness (QED) is 0.566. The molecular weight excluding hydrogens is 455 g/mol. The zero-order valence-corrected chi connectivity index (χ0v) is 18.4. The Morgan fingerprint density at radius 2 is 1.62 bits per heavy atom. The second-order valence-electron chi connectivity index (χ2n) is 6.52. The molecule has 0 aromatic heterocycles. The number of benzene rings is 2. The first-order chi connectivity index (χ1) is 15.0. The van der Waals surface area contributed by atoms with E-state index in [9.17, 15) is 22.8 Å². The van der Waals surface area contributed by atoms with Gasteiger partial charge in [0.15, 0.2) is 17.6 Å². The average Bonchev–Trinajstić information content (AvgIpc) is 2.73. The van der Waals surface area contributed by atoms with Gasteiger partial charge in [0.2, 0.25) is 5.75 Å². The zero-order chi connectivity index (χ0) is 24.1. The number of carbonyl (C=O) groups is 2. The lowest BCUT2D eigenvalue weighted by Crippen LogP contribution is -2.31. The molecule has 0 heterocycles. The minimum atomic E-state index is -4.74. The van der Waals surface area contributed by atoms with Crippen LogP contribution in [-0.4, -0.2) is 39.3 Å². The fourth-order valence-corrected chi connectivity index (χ4v) is 2.96. The molecule has 0 bridgehead atoms. The molecule has 0 saturated heterocycles. The number of hydrogen-bond donors (Lipinski definition) is 1. The van der Waals surface area contributed by atoms with Crippen LogP contribution in [0.15, 0.2) is 30.3 Å². The van der Waals surface area contributed by atoms with Crippen molar-refractivity contribution in [1.82, 2.24) is 0 Å². The van der Waals surface area contributed by atoms with Gasteiger partial charge in [-0.3, -0.25) is 9.59 Å². The van der Waals surface area contributed by atoms with E-state index >= 15 is 0 Å². The number of esters is 1. The van der Waals surface area contributed by atoms with Crippen LogP contribution < -0.4 is 19.5 Å². The van der Waals surface area contributed by atoms with Crippen molar-refractivity contribution < 1.29 is 41.7 Å². The Morgan fingerprint density at radius 1 is 1.03 bits per heavy atom. The lowest BCUT2D eigenvalue weighted by atomic mass is 10.1. The van der Waals surface area contributed by atoms with Crippen LogP contribution in [0.2, 0.25) is 5.02 Å². The maximum absolute atomic E-state index is 13.2. The van der Waals surface area contributed by atoms with Crippen LogP contribution in [0.3, 0.4) is 0 Å². The first kappa shape index (κ1) is 25.1. The van der Waals surface area contributed by atoms with E-state index in [1.165, 1.54) is 46.5 Å². The topological polar surface area (TPSA) is 83.1 Å². The van der Waals surface area contributed by atoms with Gasteiger partial charge in [-0.25, -0.2) is 0 Å². The Morgan fingerprint density at radius 3 is 2.12 bits per heavy atom. The van der Waals surface area contributed by atoms with Gasteiger partial charge in [-0.05, 0) is 42.8 Å². The summed E-state index contributed by atoms with van der Waals surface area (Å²) in [6.45, 7) is 1.24. The smallest absolute Gasteiger partial charge is 0.418 e. The number of ether oxygens (including phenoxy) is 4. The van der Waals surface area contributed by atoms with Crippen LogP contribution in [-0.2, 0) is 26.9 Å². The Balaban J connectivity index is 2.10. The number of carbonyl (C=O) groups excluding carboxylic acids is 2. The summed E-state index contributed by atoms with van der Waals surface area (Å²) in [6.07, 6.45) is -6.34. The summed E-state index contributed by atoms with van der Waals surface area (Å²) < 4.78 is 60.3. The average molecular weight is 476 g/mol. The summed E-state index contributed by atoms with van der Waals surface area (Å²) >= 11 is 5.62. The van der Waals surface area contributed by atoms with Crippen molar-refractivity contribution in [2.45, 2.75) is 25.6 Å². The first-order valence-electron chi connectivity index (χ1n) is 9.16. The largest absolute Gasteiger partial charge is 0.493 e. The Kier molecular flexibility index (Phi) is 8.20. The van der Waals surface area contributed by atoms with Crippen LogP contribution in [0.25, 0.3) is 0 Å². The van der Waals surface area contributed by atoms with Crippen molar-refractivity contribution in [3.63, 3.8) is 0 Å². The number of nitrogens with one attached hydrogen (secondary N) is 1. The third-order valence-electron chi connectivity index (χ3n) is 4.30. The molecule has 1 unspecified atom stereocenters. The van der Waals surface area contributed by atoms with Crippen LogP contribution >= 0.6 is 11.6 Å². The van der Waals surface area contributed by atoms with E-state index in [4.69, 9.17) is 30.5 Å². The standard InChI is InChI=1S/C21H21ClF3NO6/c1-11(20(28)26-15-6-5-13(22)10-14(15)21(23,24)25)32-18(27)9-12-7-16(29-2)19(31-4)17(8-12)30-3/h5-8,10-11H,9H2,1-4H3,(H,26,28). The second-order valence-corrected chi connectivity index (χ2v) is 6.96. The molecule has 0 aliphatic rings. The van der Waals surface area contributed by atoms with E-state index in [1.54, 1.807) is 0 Å². The highest BCUT2D eigenvalue weighted by atomic mass is 35.5. The highest BCUT2D eigenvalue weighted by molar-refractivity contribution is 6.30. The van der Waals surface area contributed by atoms with Crippen molar-refractivity contribution in [3.05, 3.63) is 46.5 Å². The molecule has 2 aromatic rings. The second kappa shape index (κ2) is 10.4. The Hall–Kier alpha value is -3.14. The molecule has 1 N–H and O–H groups in total. The number of halogens is 4. The number of amides is 1. The van der Waals surface area contributed by atoms with E-state index in [1.807, 2.05) is 0 Å². The van der Waals surface area contributed by atoms with E-state index in [-0.39, 0.29) is 11.4 Å². The van der Waals surface area contributed by atoms with Gasteiger partial charge >= 0.3 is 12.1 Å². The lowest BCUT2D eigenvalue weighted by molar-refractivity contribution is -0.152. The van der Waals surface area contributed by atoms with Gasteiger partial charge in [0.25, 0.3) is 5.91 Å². The van der Waals surface area contributed by atoms with Crippen LogP contribution in [0.4, 0.5) is 18.9 Å². The Bertz CT molecular complexity index is 971. The molecule has 7 nitrogen and oxygen atoms in total. The van der Waals surface area contributed by atoms with Crippen molar-refractivity contribution in [1.29, 1.82) is 0 Å². The van der Waals surface area contributed by atoms with Crippen molar-refractivity contribution in [2.24, 2.45) is 0 Å². The number of anilines is 1. The van der Waals surface area contributed by atoms with E-state index in [0.29, 0.717) is 28.9 Å². The zero-order valence-electron chi connectivity index (χ0n) is 17.6. The van der Waals surface area contributed by atoms with Crippen molar-refractivity contribution in [2.75, 3.05) is 26.6 Å². The molecule has 0 radical (unpaired) electrons. The maximum atomic E-state index is 13.2. The molecule has 1 amide bonds. The molecular formula is C21H21ClF3NO6. The van der Waals surface area contributed by atoms with Crippen molar-refractivity contribution in [3.8, 4) is 17.2 Å². The van der Waals surface area contributed by atoms with Gasteiger partial charge in [0, 0.05) is 5.02 Å². The van der Waals surface area contributed by atoms with Crippen LogP contribution in [0.1, 0.15) is 18.1 Å². The third kappa shape index (κ3) is 6.19. The molecule has 0 fully saturated rings. The van der Waals surface area contributed by atoms with Gasteiger partial charge < -0.3 is 24.3 Å². The summed E-state index contributed by atoms with van der Waals surface area (Å²) in [5.41, 5.74) is -1.16. The van der Waals surface area contributed by atoms with Gasteiger partial charge in [0.1, 0.15) is 0 Å². The molecule has 2 aromatic carbocycles. The predicted octanol–water partition coefficient (Wildman–Crippen LogP) is 4.50. The van der Waals surface area contributed by atoms with Crippen LogP contribution in [0, 0.1) is 0 Å². The SMILES string of the molecule is COc1cc(CC(=O)OC(C)C(=O)Nc2ccc(Cl)cc2C(F)(F)F)cc(OC)c1OC. The Labute approximate surface area is 187 Å². The lowest BCUT2D eigenvalue weighted by Gasteiger charge is -2.17. The molecule has 2 rings (SSSR count). The van der Waals surface area contributed by atoms with Gasteiger partial charge in [-0.2, -0.15) is 13.2 Å². The molecule has 0 aliphatic heterocycles. The van der Waals surface area contributed by atoms with E-state index in [2.05, 4.69) is 5.32 Å². The summed E-state index contributed by atoms with van der Waals surface area (Å²) in [7, 11) is 4.26. The molecule has 11 heteroatoms. The number of hydrogen-bond acceptors (Lipinski definition) is 6. The summed E-state index contributed by atoms with van der Waals surface area (Å²) in [4.78, 5) is 24.6. The fourth-order valence-electron chi connectivity index (χ4n) is 2.79. The molecule has 0 aliphatic carbocycles. The van der Waals surface area contributed by atoms with Gasteiger partial charge in [0.05, 0.1) is 39.0 Å². The molecule has 0 spiro atoms.